The number of carboxylic acid groups (broad SMARTS) is 2. The first kappa shape index (κ1) is 19.9. The molecule has 1 fully saturated rings. The van der Waals surface area contributed by atoms with Gasteiger partial charge in [-0.25, -0.2) is 4.79 Å². The van der Waals surface area contributed by atoms with Crippen LogP contribution < -0.4 is 10.6 Å². The van der Waals surface area contributed by atoms with Crippen molar-refractivity contribution >= 4 is 23.8 Å². The number of nitrogens with zero attached hydrogens (tertiary/aromatic N) is 1. The van der Waals surface area contributed by atoms with Gasteiger partial charge in [0.05, 0.1) is 6.54 Å². The molecule has 0 aromatic carbocycles. The second-order valence-corrected chi connectivity index (χ2v) is 6.00. The van der Waals surface area contributed by atoms with Gasteiger partial charge in [0, 0.05) is 13.0 Å². The molecule has 0 unspecified atom stereocenters. The molecule has 9 heteroatoms. The minimum atomic E-state index is -1.29. The van der Waals surface area contributed by atoms with E-state index in [1.807, 2.05) is 6.92 Å². The lowest BCUT2D eigenvalue weighted by atomic mass is 9.96. The molecule has 1 aliphatic heterocycles. The molecule has 0 aromatic heterocycles. The summed E-state index contributed by atoms with van der Waals surface area (Å²) in [4.78, 5) is 48.1. The maximum atomic E-state index is 12.6. The topological polar surface area (TPSA) is 136 Å². The average molecular weight is 343 g/mol. The molecule has 1 aliphatic rings. The standard InChI is InChI=1S/C15H25N3O6/c1-3-16-9-11(19)18-8-4-7-15(18,2)14(24)17-10(13(22)23)5-6-12(20)21/h10,16H,3-9H2,1-2H3,(H,17,24)(H,20,21)(H,22,23)/t10-,15-/m0/s1. The van der Waals surface area contributed by atoms with Crippen molar-refractivity contribution in [3.05, 3.63) is 0 Å². The zero-order valence-electron chi connectivity index (χ0n) is 14.0. The van der Waals surface area contributed by atoms with E-state index in [1.165, 1.54) is 4.90 Å². The molecule has 1 heterocycles. The van der Waals surface area contributed by atoms with Crippen LogP contribution in [0.4, 0.5) is 0 Å². The normalized spacial score (nSPS) is 21.3. The van der Waals surface area contributed by atoms with Gasteiger partial charge in [-0.05, 0) is 32.7 Å². The molecular weight excluding hydrogens is 318 g/mol. The fraction of sp³-hybridized carbons (Fsp3) is 0.733. The van der Waals surface area contributed by atoms with Crippen molar-refractivity contribution < 1.29 is 29.4 Å². The predicted molar refractivity (Wildman–Crippen MR) is 84.3 cm³/mol. The molecule has 1 saturated heterocycles. The summed E-state index contributed by atoms with van der Waals surface area (Å²) in [6.07, 6.45) is 0.505. The summed E-state index contributed by atoms with van der Waals surface area (Å²) in [5.74, 6) is -3.21. The Balaban J connectivity index is 2.79. The molecule has 0 aromatic rings. The third-order valence-corrected chi connectivity index (χ3v) is 4.21. The lowest BCUT2D eigenvalue weighted by Crippen LogP contribution is -2.59. The minimum absolute atomic E-state index is 0.112. The Morgan fingerprint density at radius 3 is 2.46 bits per heavy atom. The van der Waals surface area contributed by atoms with E-state index in [4.69, 9.17) is 10.2 Å². The smallest absolute Gasteiger partial charge is 0.326 e. The first-order chi connectivity index (χ1) is 11.2. The molecule has 2 atom stereocenters. The first-order valence-electron chi connectivity index (χ1n) is 7.99. The van der Waals surface area contributed by atoms with Crippen LogP contribution in [0, 0.1) is 0 Å². The number of hydrogen-bond acceptors (Lipinski definition) is 5. The highest BCUT2D eigenvalue weighted by Gasteiger charge is 2.46. The number of carbonyl (C=O) groups excluding carboxylic acids is 2. The van der Waals surface area contributed by atoms with E-state index in [0.29, 0.717) is 25.9 Å². The molecular formula is C15H25N3O6. The maximum Gasteiger partial charge on any atom is 0.326 e. The van der Waals surface area contributed by atoms with Crippen LogP contribution in [-0.4, -0.2) is 70.1 Å². The Morgan fingerprint density at radius 1 is 1.25 bits per heavy atom. The molecule has 0 aliphatic carbocycles. The number of amides is 2. The molecule has 136 valence electrons. The Morgan fingerprint density at radius 2 is 1.92 bits per heavy atom. The number of hydrogen-bond donors (Lipinski definition) is 4. The molecule has 0 bridgehead atoms. The van der Waals surface area contributed by atoms with Crippen LogP contribution in [0.1, 0.15) is 39.5 Å². The van der Waals surface area contributed by atoms with Gasteiger partial charge in [0.1, 0.15) is 11.6 Å². The largest absolute Gasteiger partial charge is 0.481 e. The Hall–Kier alpha value is -2.16. The van der Waals surface area contributed by atoms with E-state index in [2.05, 4.69) is 10.6 Å². The molecule has 0 saturated carbocycles. The van der Waals surface area contributed by atoms with Crippen LogP contribution in [-0.2, 0) is 19.2 Å². The number of nitrogens with one attached hydrogen (secondary N) is 2. The van der Waals surface area contributed by atoms with Gasteiger partial charge < -0.3 is 25.7 Å². The fourth-order valence-corrected chi connectivity index (χ4v) is 2.77. The Labute approximate surface area is 140 Å². The van der Waals surface area contributed by atoms with Gasteiger partial charge in [-0.1, -0.05) is 6.92 Å². The van der Waals surface area contributed by atoms with E-state index in [1.54, 1.807) is 6.92 Å². The van der Waals surface area contributed by atoms with Crippen LogP contribution >= 0.6 is 0 Å². The first-order valence-corrected chi connectivity index (χ1v) is 7.99. The van der Waals surface area contributed by atoms with Gasteiger partial charge in [-0.2, -0.15) is 0 Å². The van der Waals surface area contributed by atoms with Gasteiger partial charge in [0.2, 0.25) is 11.8 Å². The minimum Gasteiger partial charge on any atom is -0.481 e. The van der Waals surface area contributed by atoms with Gasteiger partial charge in [-0.15, -0.1) is 0 Å². The van der Waals surface area contributed by atoms with Crippen LogP contribution in [0.15, 0.2) is 0 Å². The highest BCUT2D eigenvalue weighted by molar-refractivity contribution is 5.94. The fourth-order valence-electron chi connectivity index (χ4n) is 2.77. The lowest BCUT2D eigenvalue weighted by Gasteiger charge is -2.35. The summed E-state index contributed by atoms with van der Waals surface area (Å²) in [6, 6.07) is -1.29. The predicted octanol–water partition coefficient (Wildman–Crippen LogP) is -0.589. The monoisotopic (exact) mass is 343 g/mol. The summed E-state index contributed by atoms with van der Waals surface area (Å²) < 4.78 is 0. The Kier molecular flexibility index (Phi) is 7.15. The van der Waals surface area contributed by atoms with Crippen molar-refractivity contribution in [3.63, 3.8) is 0 Å². The van der Waals surface area contributed by atoms with Crippen molar-refractivity contribution in [1.82, 2.24) is 15.5 Å². The van der Waals surface area contributed by atoms with E-state index < -0.39 is 29.4 Å². The number of aliphatic carboxylic acids is 2. The van der Waals surface area contributed by atoms with Crippen molar-refractivity contribution in [2.24, 2.45) is 0 Å². The molecule has 1 rings (SSSR count). The van der Waals surface area contributed by atoms with Crippen LogP contribution in [0.25, 0.3) is 0 Å². The van der Waals surface area contributed by atoms with E-state index in [0.717, 1.165) is 0 Å². The van der Waals surface area contributed by atoms with Gasteiger partial charge >= 0.3 is 11.9 Å². The third kappa shape index (κ3) is 4.92. The van der Waals surface area contributed by atoms with E-state index in [9.17, 15) is 19.2 Å². The number of likely N-dealkylation sites (N-methyl/N-ethyl adjacent to an activating group) is 1. The SMILES string of the molecule is CCNCC(=O)N1CCC[C@@]1(C)C(=O)N[C@@H](CCC(=O)O)C(=O)O. The van der Waals surface area contributed by atoms with Crippen LogP contribution in [0.5, 0.6) is 0 Å². The van der Waals surface area contributed by atoms with E-state index in [-0.39, 0.29) is 25.3 Å². The second kappa shape index (κ2) is 8.62. The highest BCUT2D eigenvalue weighted by atomic mass is 16.4. The summed E-state index contributed by atoms with van der Waals surface area (Å²) in [6.45, 7) is 4.64. The molecule has 0 radical (unpaired) electrons. The molecule has 4 N–H and O–H groups in total. The number of carbonyl (C=O) groups is 4. The Bertz CT molecular complexity index is 509. The van der Waals surface area contributed by atoms with Crippen LogP contribution in [0.2, 0.25) is 0 Å². The summed E-state index contributed by atoms with van der Waals surface area (Å²) in [5, 5.41) is 23.1. The summed E-state index contributed by atoms with van der Waals surface area (Å²) >= 11 is 0. The number of likely N-dealkylation sites (tertiary alicyclic amines) is 1. The number of carboxylic acids is 2. The van der Waals surface area contributed by atoms with Gasteiger partial charge in [0.15, 0.2) is 0 Å². The average Bonchev–Trinajstić information content (AvgIpc) is 2.91. The molecule has 24 heavy (non-hydrogen) atoms. The molecule has 0 spiro atoms. The molecule has 9 nitrogen and oxygen atoms in total. The maximum absolute atomic E-state index is 12.6. The van der Waals surface area contributed by atoms with E-state index >= 15 is 0 Å². The lowest BCUT2D eigenvalue weighted by molar-refractivity contribution is -0.147. The van der Waals surface area contributed by atoms with Gasteiger partial charge in [0.25, 0.3) is 0 Å². The zero-order valence-corrected chi connectivity index (χ0v) is 14.0. The highest BCUT2D eigenvalue weighted by Crippen LogP contribution is 2.29. The summed E-state index contributed by atoms with van der Waals surface area (Å²) in [7, 11) is 0. The van der Waals surface area contributed by atoms with Crippen molar-refractivity contribution in [2.75, 3.05) is 19.6 Å². The molecule has 2 amide bonds. The van der Waals surface area contributed by atoms with Gasteiger partial charge in [-0.3, -0.25) is 14.4 Å². The second-order valence-electron chi connectivity index (χ2n) is 6.00. The number of rotatable bonds is 9. The van der Waals surface area contributed by atoms with Crippen LogP contribution in [0.3, 0.4) is 0 Å². The third-order valence-electron chi connectivity index (χ3n) is 4.21. The quantitative estimate of drug-likeness (QED) is 0.439. The summed E-state index contributed by atoms with van der Waals surface area (Å²) in [5.41, 5.74) is -1.12. The van der Waals surface area contributed by atoms with Crippen molar-refractivity contribution in [2.45, 2.75) is 51.1 Å². The van der Waals surface area contributed by atoms with Crippen molar-refractivity contribution in [1.29, 1.82) is 0 Å². The zero-order chi connectivity index (χ0) is 18.3. The van der Waals surface area contributed by atoms with Crippen molar-refractivity contribution in [3.8, 4) is 0 Å².